The molecular weight excluding hydrogens is 412 g/mol. The fraction of sp³-hybridized carbons (Fsp3) is 0.565. The molecule has 1 saturated heterocycles. The summed E-state index contributed by atoms with van der Waals surface area (Å²) in [6, 6.07) is 7.83. The SMILES string of the molecule is CCCCn1c(CN2C(=O)C3(CN(S(C)(=O)=O)C3)c3ccccc32)nc2c1CCCC2. The van der Waals surface area contributed by atoms with E-state index in [1.165, 1.54) is 34.8 Å². The fourth-order valence-corrected chi connectivity index (χ4v) is 6.26. The third kappa shape index (κ3) is 3.22. The van der Waals surface area contributed by atoms with Crippen molar-refractivity contribution >= 4 is 21.6 Å². The highest BCUT2D eigenvalue weighted by atomic mass is 32.2. The Kier molecular flexibility index (Phi) is 4.97. The Morgan fingerprint density at radius 3 is 2.61 bits per heavy atom. The number of unbranched alkanes of at least 4 members (excludes halogenated alkanes) is 1. The molecule has 3 aliphatic rings. The van der Waals surface area contributed by atoms with Gasteiger partial charge in [-0.1, -0.05) is 31.5 Å². The van der Waals surface area contributed by atoms with Crippen molar-refractivity contribution in [3.05, 3.63) is 47.0 Å². The van der Waals surface area contributed by atoms with E-state index in [0.717, 1.165) is 49.3 Å². The molecule has 166 valence electrons. The second-order valence-electron chi connectivity index (χ2n) is 9.16. The number of sulfonamides is 1. The van der Waals surface area contributed by atoms with E-state index in [9.17, 15) is 13.2 Å². The van der Waals surface area contributed by atoms with E-state index in [1.54, 1.807) is 0 Å². The van der Waals surface area contributed by atoms with Crippen LogP contribution in [0.3, 0.4) is 0 Å². The minimum atomic E-state index is -3.30. The molecule has 8 heteroatoms. The molecule has 3 heterocycles. The zero-order valence-corrected chi connectivity index (χ0v) is 19.1. The summed E-state index contributed by atoms with van der Waals surface area (Å²) in [5.74, 6) is 0.955. The first-order valence-corrected chi connectivity index (χ1v) is 13.1. The van der Waals surface area contributed by atoms with Crippen LogP contribution in [0.2, 0.25) is 0 Å². The molecule has 0 N–H and O–H groups in total. The highest BCUT2D eigenvalue weighted by Gasteiger charge is 2.60. The van der Waals surface area contributed by atoms with Crippen LogP contribution in [0.15, 0.2) is 24.3 Å². The van der Waals surface area contributed by atoms with Gasteiger partial charge >= 0.3 is 0 Å². The predicted molar refractivity (Wildman–Crippen MR) is 120 cm³/mol. The van der Waals surface area contributed by atoms with Gasteiger partial charge in [0, 0.05) is 31.0 Å². The molecule has 5 rings (SSSR count). The first-order valence-electron chi connectivity index (χ1n) is 11.3. The standard InChI is InChI=1S/C23H30N4O3S/c1-3-4-13-26-20-12-8-6-10-18(20)24-21(26)14-27-19-11-7-5-9-17(19)23(22(27)28)15-25(16-23)31(2,29)30/h5,7,9,11H,3-4,6,8,10,12-16H2,1-2H3. The van der Waals surface area contributed by atoms with Crippen molar-refractivity contribution in [2.45, 2.75) is 64.0 Å². The van der Waals surface area contributed by atoms with Crippen LogP contribution < -0.4 is 4.90 Å². The maximum Gasteiger partial charge on any atom is 0.240 e. The average Bonchev–Trinajstić information content (AvgIpc) is 3.18. The minimum Gasteiger partial charge on any atom is -0.330 e. The number of fused-ring (bicyclic) bond motifs is 3. The van der Waals surface area contributed by atoms with Gasteiger partial charge in [-0.2, -0.15) is 4.31 Å². The zero-order valence-electron chi connectivity index (χ0n) is 18.3. The molecule has 0 saturated carbocycles. The van der Waals surface area contributed by atoms with Crippen LogP contribution in [0.4, 0.5) is 5.69 Å². The number of carbonyl (C=O) groups excluding carboxylic acids is 1. The summed E-state index contributed by atoms with van der Waals surface area (Å²) in [4.78, 5) is 20.5. The molecule has 1 aromatic heterocycles. The van der Waals surface area contributed by atoms with Gasteiger partial charge in [0.2, 0.25) is 15.9 Å². The number of amides is 1. The van der Waals surface area contributed by atoms with E-state index in [4.69, 9.17) is 4.98 Å². The number of hydrogen-bond acceptors (Lipinski definition) is 4. The van der Waals surface area contributed by atoms with Gasteiger partial charge in [-0.3, -0.25) is 4.79 Å². The number of anilines is 1. The average molecular weight is 443 g/mol. The van der Waals surface area contributed by atoms with Gasteiger partial charge in [-0.05, 0) is 43.7 Å². The molecule has 1 fully saturated rings. The second-order valence-corrected chi connectivity index (χ2v) is 11.1. The van der Waals surface area contributed by atoms with Crippen LogP contribution in [0.25, 0.3) is 0 Å². The Morgan fingerprint density at radius 2 is 1.87 bits per heavy atom. The van der Waals surface area contributed by atoms with Crippen molar-refractivity contribution in [1.82, 2.24) is 13.9 Å². The number of benzene rings is 1. The number of hydrogen-bond donors (Lipinski definition) is 0. The Bertz CT molecular complexity index is 1130. The minimum absolute atomic E-state index is 0.00314. The molecule has 0 radical (unpaired) electrons. The van der Waals surface area contributed by atoms with E-state index < -0.39 is 15.4 Å². The molecule has 1 spiro atoms. The molecule has 1 aliphatic carbocycles. The summed E-state index contributed by atoms with van der Waals surface area (Å²) < 4.78 is 27.7. The molecule has 1 amide bonds. The predicted octanol–water partition coefficient (Wildman–Crippen LogP) is 2.62. The van der Waals surface area contributed by atoms with Crippen molar-refractivity contribution in [1.29, 1.82) is 0 Å². The van der Waals surface area contributed by atoms with Crippen LogP contribution >= 0.6 is 0 Å². The van der Waals surface area contributed by atoms with Crippen LogP contribution in [0.1, 0.15) is 55.4 Å². The number of para-hydroxylation sites is 1. The van der Waals surface area contributed by atoms with Crippen LogP contribution in [-0.2, 0) is 46.2 Å². The topological polar surface area (TPSA) is 75.5 Å². The lowest BCUT2D eigenvalue weighted by atomic mass is 9.76. The number of aryl methyl sites for hydroxylation is 1. The van der Waals surface area contributed by atoms with Crippen molar-refractivity contribution < 1.29 is 13.2 Å². The smallest absolute Gasteiger partial charge is 0.240 e. The highest BCUT2D eigenvalue weighted by Crippen LogP contribution is 2.48. The summed E-state index contributed by atoms with van der Waals surface area (Å²) in [7, 11) is -3.30. The molecule has 31 heavy (non-hydrogen) atoms. The third-order valence-electron chi connectivity index (χ3n) is 7.07. The van der Waals surface area contributed by atoms with E-state index in [-0.39, 0.29) is 19.0 Å². The maximum atomic E-state index is 13.7. The van der Waals surface area contributed by atoms with Crippen molar-refractivity contribution in [3.8, 4) is 0 Å². The molecule has 2 aliphatic heterocycles. The Balaban J connectivity index is 1.50. The fourth-order valence-electron chi connectivity index (χ4n) is 5.35. The van der Waals surface area contributed by atoms with Gasteiger partial charge in [-0.15, -0.1) is 0 Å². The number of imidazole rings is 1. The molecule has 7 nitrogen and oxygen atoms in total. The van der Waals surface area contributed by atoms with Gasteiger partial charge in [-0.25, -0.2) is 13.4 Å². The van der Waals surface area contributed by atoms with Gasteiger partial charge in [0.05, 0.1) is 18.5 Å². The van der Waals surface area contributed by atoms with Crippen molar-refractivity contribution in [2.24, 2.45) is 0 Å². The van der Waals surface area contributed by atoms with E-state index in [2.05, 4.69) is 11.5 Å². The molecule has 2 aromatic rings. The maximum absolute atomic E-state index is 13.7. The van der Waals surface area contributed by atoms with Gasteiger partial charge in [0.15, 0.2) is 0 Å². The van der Waals surface area contributed by atoms with Gasteiger partial charge < -0.3 is 9.47 Å². The number of nitrogens with zero attached hydrogens (tertiary/aromatic N) is 4. The summed E-state index contributed by atoms with van der Waals surface area (Å²) in [6.07, 6.45) is 7.85. The van der Waals surface area contributed by atoms with Crippen LogP contribution in [0.5, 0.6) is 0 Å². The molecule has 0 bridgehead atoms. The number of carbonyl (C=O) groups is 1. The Morgan fingerprint density at radius 1 is 1.13 bits per heavy atom. The summed E-state index contributed by atoms with van der Waals surface area (Å²) in [6.45, 7) is 4.01. The lowest BCUT2D eigenvalue weighted by Crippen LogP contribution is -2.64. The zero-order chi connectivity index (χ0) is 21.8. The largest absolute Gasteiger partial charge is 0.330 e. The summed E-state index contributed by atoms with van der Waals surface area (Å²) in [5, 5.41) is 0. The summed E-state index contributed by atoms with van der Waals surface area (Å²) >= 11 is 0. The number of rotatable bonds is 6. The summed E-state index contributed by atoms with van der Waals surface area (Å²) in [5.41, 5.74) is 3.61. The molecular formula is C23H30N4O3S. The molecule has 0 atom stereocenters. The van der Waals surface area contributed by atoms with Crippen molar-refractivity contribution in [2.75, 3.05) is 24.2 Å². The first-order chi connectivity index (χ1) is 14.8. The lowest BCUT2D eigenvalue weighted by Gasteiger charge is -2.45. The monoisotopic (exact) mass is 442 g/mol. The van der Waals surface area contributed by atoms with Gasteiger partial charge in [0.1, 0.15) is 11.2 Å². The van der Waals surface area contributed by atoms with Crippen LogP contribution in [-0.4, -0.2) is 47.5 Å². The lowest BCUT2D eigenvalue weighted by molar-refractivity contribution is -0.127. The normalized spacial score (nSPS) is 20.1. The van der Waals surface area contributed by atoms with E-state index >= 15 is 0 Å². The highest BCUT2D eigenvalue weighted by molar-refractivity contribution is 7.88. The van der Waals surface area contributed by atoms with E-state index in [0.29, 0.717) is 6.54 Å². The Labute approximate surface area is 184 Å². The second kappa shape index (κ2) is 7.45. The first kappa shape index (κ1) is 20.7. The Hall–Kier alpha value is -2.19. The van der Waals surface area contributed by atoms with Crippen LogP contribution in [0, 0.1) is 0 Å². The molecule has 0 unspecified atom stereocenters. The third-order valence-corrected chi connectivity index (χ3v) is 8.27. The molecule has 1 aromatic carbocycles. The van der Waals surface area contributed by atoms with E-state index in [1.807, 2.05) is 29.2 Å². The van der Waals surface area contributed by atoms with Crippen molar-refractivity contribution in [3.63, 3.8) is 0 Å². The van der Waals surface area contributed by atoms with Gasteiger partial charge in [0.25, 0.3) is 0 Å². The number of aromatic nitrogens is 2. The quantitative estimate of drug-likeness (QED) is 0.689.